The number of nitrogens with one attached hydrogen (secondary N) is 1. The van der Waals surface area contributed by atoms with Crippen molar-refractivity contribution in [1.29, 1.82) is 0 Å². The van der Waals surface area contributed by atoms with Crippen LogP contribution in [0.5, 0.6) is 0 Å². The molecule has 0 spiro atoms. The molecule has 1 heteroatoms. The highest BCUT2D eigenvalue weighted by atomic mass is 14.9. The highest BCUT2D eigenvalue weighted by Gasteiger charge is 2.22. The van der Waals surface area contributed by atoms with Crippen molar-refractivity contribution in [3.8, 4) is 0 Å². The van der Waals surface area contributed by atoms with Gasteiger partial charge in [0.05, 0.1) is 0 Å². The van der Waals surface area contributed by atoms with Crippen molar-refractivity contribution in [2.24, 2.45) is 5.92 Å². The largest absolute Gasteiger partial charge is 0.310 e. The maximum atomic E-state index is 3.79. The molecule has 1 N–H and O–H groups in total. The first-order valence-electron chi connectivity index (χ1n) is 7.49. The highest BCUT2D eigenvalue weighted by molar-refractivity contribution is 5.28. The third-order valence-electron chi connectivity index (χ3n) is 4.28. The van der Waals surface area contributed by atoms with Crippen LogP contribution in [0.1, 0.15) is 55.7 Å². The number of benzene rings is 1. The first kappa shape index (κ1) is 13.6. The Bertz CT molecular complexity index is 363. The smallest absolute Gasteiger partial charge is 0.0208 e. The normalized spacial score (nSPS) is 24.2. The molecule has 1 fully saturated rings. The average molecular weight is 245 g/mol. The summed E-state index contributed by atoms with van der Waals surface area (Å²) in [6, 6.07) is 7.61. The summed E-state index contributed by atoms with van der Waals surface area (Å²) in [7, 11) is 0. The van der Waals surface area contributed by atoms with E-state index < -0.39 is 0 Å². The van der Waals surface area contributed by atoms with Crippen LogP contribution >= 0.6 is 0 Å². The fourth-order valence-corrected chi connectivity index (χ4v) is 3.39. The second-order valence-electron chi connectivity index (χ2n) is 5.94. The SMILES string of the molecule is CCC1CCCCC1NCc1cc(C)cc(C)c1. The lowest BCUT2D eigenvalue weighted by atomic mass is 9.83. The Labute approximate surface area is 112 Å². The van der Waals surface area contributed by atoms with Crippen molar-refractivity contribution < 1.29 is 0 Å². The molecule has 1 nitrogen and oxygen atoms in total. The minimum absolute atomic E-state index is 0.740. The van der Waals surface area contributed by atoms with Gasteiger partial charge in [-0.05, 0) is 38.2 Å². The molecule has 1 aliphatic carbocycles. The molecule has 0 saturated heterocycles. The zero-order chi connectivity index (χ0) is 13.0. The van der Waals surface area contributed by atoms with Gasteiger partial charge in [0.25, 0.3) is 0 Å². The van der Waals surface area contributed by atoms with Gasteiger partial charge < -0.3 is 5.32 Å². The van der Waals surface area contributed by atoms with Crippen LogP contribution < -0.4 is 5.32 Å². The van der Waals surface area contributed by atoms with Gasteiger partial charge in [0.15, 0.2) is 0 Å². The number of hydrogen-bond donors (Lipinski definition) is 1. The third-order valence-corrected chi connectivity index (χ3v) is 4.28. The summed E-state index contributed by atoms with van der Waals surface area (Å²) in [6.07, 6.45) is 6.94. The molecule has 1 aromatic rings. The minimum Gasteiger partial charge on any atom is -0.310 e. The summed E-state index contributed by atoms with van der Waals surface area (Å²) in [6.45, 7) is 7.74. The van der Waals surface area contributed by atoms with Crippen molar-refractivity contribution in [3.63, 3.8) is 0 Å². The Hall–Kier alpha value is -0.820. The topological polar surface area (TPSA) is 12.0 Å². The van der Waals surface area contributed by atoms with Gasteiger partial charge in [0.1, 0.15) is 0 Å². The number of aryl methyl sites for hydroxylation is 2. The van der Waals surface area contributed by atoms with Crippen LogP contribution in [0.4, 0.5) is 0 Å². The molecule has 0 heterocycles. The molecule has 0 amide bonds. The third kappa shape index (κ3) is 3.58. The van der Waals surface area contributed by atoms with Crippen LogP contribution in [0.15, 0.2) is 18.2 Å². The predicted molar refractivity (Wildman–Crippen MR) is 78.8 cm³/mol. The van der Waals surface area contributed by atoms with E-state index in [0.717, 1.165) is 18.5 Å². The van der Waals surface area contributed by atoms with Crippen LogP contribution in [0.3, 0.4) is 0 Å². The van der Waals surface area contributed by atoms with Gasteiger partial charge in [-0.25, -0.2) is 0 Å². The Morgan fingerprint density at radius 2 is 1.72 bits per heavy atom. The zero-order valence-electron chi connectivity index (χ0n) is 12.1. The Kier molecular flexibility index (Phi) is 4.82. The minimum atomic E-state index is 0.740. The summed E-state index contributed by atoms with van der Waals surface area (Å²) in [5.41, 5.74) is 4.19. The van der Waals surface area contributed by atoms with E-state index in [0.29, 0.717) is 0 Å². The van der Waals surface area contributed by atoms with Crippen molar-refractivity contribution in [2.45, 2.75) is 65.5 Å². The van der Waals surface area contributed by atoms with Gasteiger partial charge in [-0.15, -0.1) is 0 Å². The average Bonchev–Trinajstić information content (AvgIpc) is 2.35. The molecule has 1 aromatic carbocycles. The van der Waals surface area contributed by atoms with Crippen molar-refractivity contribution >= 4 is 0 Å². The lowest BCUT2D eigenvalue weighted by Crippen LogP contribution is -2.37. The van der Waals surface area contributed by atoms with E-state index in [9.17, 15) is 0 Å². The molecule has 1 saturated carbocycles. The molecule has 1 aliphatic rings. The van der Waals surface area contributed by atoms with Gasteiger partial charge in [0, 0.05) is 12.6 Å². The summed E-state index contributed by atoms with van der Waals surface area (Å²) in [4.78, 5) is 0. The molecule has 0 bridgehead atoms. The molecule has 2 unspecified atom stereocenters. The van der Waals surface area contributed by atoms with Gasteiger partial charge in [-0.1, -0.05) is 55.5 Å². The summed E-state index contributed by atoms with van der Waals surface area (Å²) in [5, 5.41) is 3.79. The van der Waals surface area contributed by atoms with E-state index in [1.54, 1.807) is 0 Å². The number of hydrogen-bond acceptors (Lipinski definition) is 1. The van der Waals surface area contributed by atoms with E-state index >= 15 is 0 Å². The zero-order valence-corrected chi connectivity index (χ0v) is 12.1. The lowest BCUT2D eigenvalue weighted by molar-refractivity contribution is 0.254. The fourth-order valence-electron chi connectivity index (χ4n) is 3.39. The highest BCUT2D eigenvalue weighted by Crippen LogP contribution is 2.27. The van der Waals surface area contributed by atoms with E-state index in [2.05, 4.69) is 44.3 Å². The summed E-state index contributed by atoms with van der Waals surface area (Å²) < 4.78 is 0. The van der Waals surface area contributed by atoms with E-state index in [1.165, 1.54) is 48.8 Å². The van der Waals surface area contributed by atoms with E-state index in [4.69, 9.17) is 0 Å². The molecule has 0 aromatic heterocycles. The lowest BCUT2D eigenvalue weighted by Gasteiger charge is -2.31. The molecule has 2 rings (SSSR count). The van der Waals surface area contributed by atoms with Gasteiger partial charge >= 0.3 is 0 Å². The number of rotatable bonds is 4. The first-order chi connectivity index (χ1) is 8.69. The summed E-state index contributed by atoms with van der Waals surface area (Å²) >= 11 is 0. The second kappa shape index (κ2) is 6.38. The monoisotopic (exact) mass is 245 g/mol. The van der Waals surface area contributed by atoms with Crippen LogP contribution in [0, 0.1) is 19.8 Å². The maximum absolute atomic E-state index is 3.79. The molecule has 0 aliphatic heterocycles. The van der Waals surface area contributed by atoms with E-state index in [-0.39, 0.29) is 0 Å². The van der Waals surface area contributed by atoms with Gasteiger partial charge in [-0.3, -0.25) is 0 Å². The van der Waals surface area contributed by atoms with Crippen molar-refractivity contribution in [2.75, 3.05) is 0 Å². The molecule has 100 valence electrons. The molecular formula is C17H27N. The fraction of sp³-hybridized carbons (Fsp3) is 0.647. The Balaban J connectivity index is 1.93. The maximum Gasteiger partial charge on any atom is 0.0208 e. The van der Waals surface area contributed by atoms with Gasteiger partial charge in [0.2, 0.25) is 0 Å². The predicted octanol–water partition coefficient (Wildman–Crippen LogP) is 4.36. The van der Waals surface area contributed by atoms with E-state index in [1.807, 2.05) is 0 Å². The molecule has 18 heavy (non-hydrogen) atoms. The molecule has 2 atom stereocenters. The van der Waals surface area contributed by atoms with Crippen LogP contribution in [-0.2, 0) is 6.54 Å². The summed E-state index contributed by atoms with van der Waals surface area (Å²) in [5.74, 6) is 0.893. The quantitative estimate of drug-likeness (QED) is 0.831. The molecule has 0 radical (unpaired) electrons. The van der Waals surface area contributed by atoms with Crippen LogP contribution in [-0.4, -0.2) is 6.04 Å². The van der Waals surface area contributed by atoms with Crippen LogP contribution in [0.25, 0.3) is 0 Å². The Morgan fingerprint density at radius 3 is 2.39 bits per heavy atom. The Morgan fingerprint density at radius 1 is 1.06 bits per heavy atom. The first-order valence-corrected chi connectivity index (χ1v) is 7.49. The molecular weight excluding hydrogens is 218 g/mol. The van der Waals surface area contributed by atoms with Crippen molar-refractivity contribution in [1.82, 2.24) is 5.32 Å². The van der Waals surface area contributed by atoms with Crippen molar-refractivity contribution in [3.05, 3.63) is 34.9 Å². The van der Waals surface area contributed by atoms with Gasteiger partial charge in [-0.2, -0.15) is 0 Å². The van der Waals surface area contributed by atoms with Crippen LogP contribution in [0.2, 0.25) is 0 Å². The standard InChI is InChI=1S/C17H27N/c1-4-16-7-5-6-8-17(16)18-12-15-10-13(2)9-14(3)11-15/h9-11,16-18H,4-8,12H2,1-3H3. The second-order valence-corrected chi connectivity index (χ2v) is 5.94.